The predicted molar refractivity (Wildman–Crippen MR) is 113 cm³/mol. The molecule has 1 aromatic carbocycles. The molecule has 1 saturated carbocycles. The minimum Gasteiger partial charge on any atom is -0.487 e. The van der Waals surface area contributed by atoms with Gasteiger partial charge in [-0.3, -0.25) is 0 Å². The highest BCUT2D eigenvalue weighted by Crippen LogP contribution is 2.40. The van der Waals surface area contributed by atoms with E-state index in [0.29, 0.717) is 17.8 Å². The Morgan fingerprint density at radius 3 is 2.79 bits per heavy atom. The van der Waals surface area contributed by atoms with Crippen molar-refractivity contribution in [2.75, 3.05) is 6.54 Å². The van der Waals surface area contributed by atoms with Gasteiger partial charge in [-0.05, 0) is 37.6 Å². The molecular weight excluding hydrogens is 439 g/mol. The second-order valence-corrected chi connectivity index (χ2v) is 8.48. The lowest BCUT2D eigenvalue weighted by Gasteiger charge is -2.26. The summed E-state index contributed by atoms with van der Waals surface area (Å²) in [5, 5.41) is 25.6. The van der Waals surface area contributed by atoms with Crippen LogP contribution < -0.4 is 14.8 Å². The molecule has 1 aliphatic carbocycles. The number of rotatable bonds is 5. The molecule has 10 heteroatoms. The second-order valence-electron chi connectivity index (χ2n) is 8.48. The van der Waals surface area contributed by atoms with Gasteiger partial charge in [0, 0.05) is 47.9 Å². The number of nitrogens with zero attached hydrogens (tertiary/aromatic N) is 2. The van der Waals surface area contributed by atoms with E-state index >= 15 is 0 Å². The van der Waals surface area contributed by atoms with E-state index in [9.17, 15) is 23.4 Å². The minimum absolute atomic E-state index is 0.150. The third-order valence-electron chi connectivity index (χ3n) is 6.54. The highest BCUT2D eigenvalue weighted by atomic mass is 19.3. The first-order chi connectivity index (χ1) is 15.8. The van der Waals surface area contributed by atoms with Gasteiger partial charge < -0.3 is 29.6 Å². The van der Waals surface area contributed by atoms with E-state index in [0.717, 1.165) is 17.0 Å². The third-order valence-corrected chi connectivity index (χ3v) is 6.54. The van der Waals surface area contributed by atoms with Gasteiger partial charge in [0.25, 0.3) is 0 Å². The first-order valence-electron chi connectivity index (χ1n) is 10.8. The van der Waals surface area contributed by atoms with E-state index < -0.39 is 42.5 Å². The van der Waals surface area contributed by atoms with E-state index in [-0.39, 0.29) is 30.7 Å². The number of nitrogens with one attached hydrogen (secondary N) is 1. The third kappa shape index (κ3) is 3.81. The molecule has 3 aromatic rings. The van der Waals surface area contributed by atoms with Crippen molar-refractivity contribution in [3.05, 3.63) is 53.1 Å². The minimum atomic E-state index is -3.19. The van der Waals surface area contributed by atoms with Gasteiger partial charge in [-0.15, -0.1) is 0 Å². The standard InChI is InChI=1S/C23H24F3N3O4/c1-11-2-6-28-22-12(11)4-7-29(22)15-8-18(21(31)20(15)30)32-16-9-17(33-23(25)26)19(24)13-3-5-27-10-14(13)16/h2,4,6-7,9,15,18,20-21,23,27,30-31H,3,5,8,10H2,1H3/t15-,18+,20+,21-/m1/s1. The smallest absolute Gasteiger partial charge is 0.387 e. The molecule has 3 N–H and O–H groups in total. The summed E-state index contributed by atoms with van der Waals surface area (Å²) in [7, 11) is 0. The molecule has 2 aromatic heterocycles. The van der Waals surface area contributed by atoms with Crippen molar-refractivity contribution in [3.8, 4) is 11.5 Å². The Labute approximate surface area is 187 Å². The maximum atomic E-state index is 14.7. The van der Waals surface area contributed by atoms with E-state index in [1.54, 1.807) is 6.20 Å². The van der Waals surface area contributed by atoms with Crippen LogP contribution >= 0.6 is 0 Å². The maximum Gasteiger partial charge on any atom is 0.387 e. The number of hydrogen-bond donors (Lipinski definition) is 3. The number of aliphatic hydroxyl groups is 2. The fourth-order valence-corrected chi connectivity index (χ4v) is 4.85. The number of pyridine rings is 1. The molecule has 1 aliphatic heterocycles. The second kappa shape index (κ2) is 8.51. The van der Waals surface area contributed by atoms with E-state index in [2.05, 4.69) is 15.0 Å². The maximum absolute atomic E-state index is 14.7. The molecule has 0 unspecified atom stereocenters. The summed E-state index contributed by atoms with van der Waals surface area (Å²) in [5.41, 5.74) is 2.47. The van der Waals surface area contributed by atoms with E-state index in [4.69, 9.17) is 4.74 Å². The molecule has 4 atom stereocenters. The Balaban J connectivity index is 1.46. The van der Waals surface area contributed by atoms with Gasteiger partial charge in [-0.2, -0.15) is 8.78 Å². The molecule has 0 saturated heterocycles. The Morgan fingerprint density at radius 2 is 2.00 bits per heavy atom. The molecule has 2 aliphatic rings. The van der Waals surface area contributed by atoms with Crippen LogP contribution in [0.5, 0.6) is 11.5 Å². The fourth-order valence-electron chi connectivity index (χ4n) is 4.85. The molecule has 0 amide bonds. The summed E-state index contributed by atoms with van der Waals surface area (Å²) in [6.07, 6.45) is 0.799. The highest BCUT2D eigenvalue weighted by Gasteiger charge is 2.45. The zero-order chi connectivity index (χ0) is 23.3. The topological polar surface area (TPSA) is 88.8 Å². The van der Waals surface area contributed by atoms with Crippen LogP contribution in [0.25, 0.3) is 11.0 Å². The number of aryl methyl sites for hydroxylation is 1. The van der Waals surface area contributed by atoms with Crippen LogP contribution in [0.2, 0.25) is 0 Å². The molecule has 0 spiro atoms. The lowest BCUT2D eigenvalue weighted by Crippen LogP contribution is -2.35. The zero-order valence-corrected chi connectivity index (χ0v) is 17.8. The van der Waals surface area contributed by atoms with Crippen LogP contribution in [0, 0.1) is 12.7 Å². The van der Waals surface area contributed by atoms with Gasteiger partial charge >= 0.3 is 6.61 Å². The van der Waals surface area contributed by atoms with Gasteiger partial charge in [0.15, 0.2) is 11.6 Å². The summed E-state index contributed by atoms with van der Waals surface area (Å²) in [6, 6.07) is 4.38. The van der Waals surface area contributed by atoms with Crippen molar-refractivity contribution >= 4 is 11.0 Å². The summed E-state index contributed by atoms with van der Waals surface area (Å²) < 4.78 is 52.6. The van der Waals surface area contributed by atoms with Crippen molar-refractivity contribution in [1.29, 1.82) is 0 Å². The van der Waals surface area contributed by atoms with E-state index in [1.165, 1.54) is 0 Å². The Bertz CT molecular complexity index is 1190. The van der Waals surface area contributed by atoms with E-state index in [1.807, 2.05) is 29.8 Å². The highest BCUT2D eigenvalue weighted by molar-refractivity contribution is 5.79. The van der Waals surface area contributed by atoms with Crippen molar-refractivity contribution < 1.29 is 32.9 Å². The SMILES string of the molecule is Cc1ccnc2c1ccn2[C@@H]1C[C@H](Oc2cc(OC(F)F)c(F)c3c2CNCC3)[C@@H](O)[C@H]1O. The number of ether oxygens (including phenoxy) is 2. The summed E-state index contributed by atoms with van der Waals surface area (Å²) in [6.45, 7) is -0.447. The van der Waals surface area contributed by atoms with Crippen LogP contribution in [0.3, 0.4) is 0 Å². The van der Waals surface area contributed by atoms with Crippen LogP contribution in [0.1, 0.15) is 29.2 Å². The largest absolute Gasteiger partial charge is 0.487 e. The Kier molecular flexibility index (Phi) is 5.67. The molecule has 33 heavy (non-hydrogen) atoms. The molecular formula is C23H24F3N3O4. The van der Waals surface area contributed by atoms with Gasteiger partial charge in [0.1, 0.15) is 29.7 Å². The van der Waals surface area contributed by atoms with Crippen molar-refractivity contribution in [2.24, 2.45) is 0 Å². The summed E-state index contributed by atoms with van der Waals surface area (Å²) >= 11 is 0. The van der Waals surface area contributed by atoms with Crippen molar-refractivity contribution in [2.45, 2.75) is 57.3 Å². The molecule has 0 bridgehead atoms. The molecule has 1 fully saturated rings. The van der Waals surface area contributed by atoms with Gasteiger partial charge in [0.2, 0.25) is 0 Å². The number of halogens is 3. The van der Waals surface area contributed by atoms with Gasteiger partial charge in [0.05, 0.1) is 6.04 Å². The molecule has 5 rings (SSSR count). The van der Waals surface area contributed by atoms with Gasteiger partial charge in [-0.25, -0.2) is 9.37 Å². The normalized spacial score (nSPS) is 24.9. The number of aromatic nitrogens is 2. The summed E-state index contributed by atoms with van der Waals surface area (Å²) in [4.78, 5) is 4.41. The van der Waals surface area contributed by atoms with Gasteiger partial charge in [-0.1, -0.05) is 0 Å². The average Bonchev–Trinajstić information content (AvgIpc) is 3.34. The number of benzene rings is 1. The average molecular weight is 463 g/mol. The number of fused-ring (bicyclic) bond motifs is 2. The van der Waals surface area contributed by atoms with Crippen LogP contribution in [-0.2, 0) is 13.0 Å². The number of hydrogen-bond acceptors (Lipinski definition) is 6. The van der Waals surface area contributed by atoms with Crippen LogP contribution in [0.4, 0.5) is 13.2 Å². The van der Waals surface area contributed by atoms with Crippen molar-refractivity contribution in [3.63, 3.8) is 0 Å². The van der Waals surface area contributed by atoms with Crippen LogP contribution in [-0.4, -0.2) is 51.2 Å². The molecule has 7 nitrogen and oxygen atoms in total. The Morgan fingerprint density at radius 1 is 1.18 bits per heavy atom. The number of aliphatic hydroxyl groups excluding tert-OH is 2. The van der Waals surface area contributed by atoms with Crippen molar-refractivity contribution in [1.82, 2.24) is 14.9 Å². The molecule has 0 radical (unpaired) electrons. The lowest BCUT2D eigenvalue weighted by molar-refractivity contribution is -0.0526. The number of alkyl halides is 2. The Hall–Kier alpha value is -2.82. The lowest BCUT2D eigenvalue weighted by atomic mass is 9.98. The van der Waals surface area contributed by atoms with Crippen LogP contribution in [0.15, 0.2) is 30.6 Å². The first-order valence-corrected chi connectivity index (χ1v) is 10.8. The molecule has 3 heterocycles. The first kappa shape index (κ1) is 22.0. The quantitative estimate of drug-likeness (QED) is 0.540. The predicted octanol–water partition coefficient (Wildman–Crippen LogP) is 2.85. The molecule has 176 valence electrons. The summed E-state index contributed by atoms with van der Waals surface area (Å²) in [5.74, 6) is -1.27. The monoisotopic (exact) mass is 463 g/mol. The zero-order valence-electron chi connectivity index (χ0n) is 17.8. The fraction of sp³-hybridized carbons (Fsp3) is 0.435.